The van der Waals surface area contributed by atoms with Crippen molar-refractivity contribution < 1.29 is 13.9 Å². The van der Waals surface area contributed by atoms with E-state index >= 15 is 0 Å². The van der Waals surface area contributed by atoms with Gasteiger partial charge in [-0.15, -0.1) is 0 Å². The second-order valence-corrected chi connectivity index (χ2v) is 4.95. The lowest BCUT2D eigenvalue weighted by molar-refractivity contribution is 0.0943. The lowest BCUT2D eigenvalue weighted by Gasteiger charge is -2.21. The molecule has 1 aromatic carbocycles. The highest BCUT2D eigenvalue weighted by Crippen LogP contribution is 2.30. The zero-order chi connectivity index (χ0) is 13.0. The van der Waals surface area contributed by atoms with E-state index in [4.69, 9.17) is 4.74 Å². The minimum Gasteiger partial charge on any atom is -0.496 e. The van der Waals surface area contributed by atoms with Crippen molar-refractivity contribution in [1.29, 1.82) is 0 Å². The molecule has 98 valence electrons. The fraction of sp³-hybridized carbons (Fsp3) is 0.533. The molecule has 0 N–H and O–H groups in total. The summed E-state index contributed by atoms with van der Waals surface area (Å²) in [5, 5.41) is 0. The van der Waals surface area contributed by atoms with Gasteiger partial charge < -0.3 is 4.74 Å². The van der Waals surface area contributed by atoms with Crippen LogP contribution < -0.4 is 4.74 Å². The van der Waals surface area contributed by atoms with Crippen molar-refractivity contribution in [3.63, 3.8) is 0 Å². The summed E-state index contributed by atoms with van der Waals surface area (Å²) in [6, 6.07) is 4.51. The van der Waals surface area contributed by atoms with E-state index in [-0.39, 0.29) is 11.3 Å². The Morgan fingerprint density at radius 1 is 1.33 bits per heavy atom. The number of ketones is 1. The van der Waals surface area contributed by atoms with E-state index in [9.17, 15) is 9.18 Å². The van der Waals surface area contributed by atoms with Crippen LogP contribution in [-0.2, 0) is 0 Å². The van der Waals surface area contributed by atoms with Crippen LogP contribution in [0.3, 0.4) is 0 Å². The van der Waals surface area contributed by atoms with Crippen LogP contribution >= 0.6 is 0 Å². The van der Waals surface area contributed by atoms with Crippen LogP contribution in [-0.4, -0.2) is 12.9 Å². The molecule has 2 rings (SSSR count). The molecule has 0 aliphatic heterocycles. The average Bonchev–Trinajstić information content (AvgIpc) is 2.39. The topological polar surface area (TPSA) is 26.3 Å². The monoisotopic (exact) mass is 250 g/mol. The number of Topliss-reactive ketones (excluding diaryl/α,β-unsaturated/α-hetero) is 1. The first-order valence-electron chi connectivity index (χ1n) is 6.58. The standard InChI is InChI=1S/C15H19FO2/c1-18-14-9-5-8-12(16)15(14)13(17)10-11-6-3-2-4-7-11/h5,8-9,11H,2-4,6-7,10H2,1H3. The van der Waals surface area contributed by atoms with Crippen molar-refractivity contribution >= 4 is 5.78 Å². The van der Waals surface area contributed by atoms with Gasteiger partial charge in [-0.25, -0.2) is 4.39 Å². The Morgan fingerprint density at radius 3 is 2.72 bits per heavy atom. The van der Waals surface area contributed by atoms with E-state index in [0.717, 1.165) is 12.8 Å². The van der Waals surface area contributed by atoms with Gasteiger partial charge in [0.1, 0.15) is 11.6 Å². The largest absolute Gasteiger partial charge is 0.496 e. The summed E-state index contributed by atoms with van der Waals surface area (Å²) in [7, 11) is 1.46. The molecule has 2 nitrogen and oxygen atoms in total. The maximum absolute atomic E-state index is 13.7. The number of methoxy groups -OCH3 is 1. The van der Waals surface area contributed by atoms with Crippen LogP contribution in [0, 0.1) is 11.7 Å². The molecule has 0 aromatic heterocycles. The van der Waals surface area contributed by atoms with E-state index in [1.54, 1.807) is 12.1 Å². The van der Waals surface area contributed by atoms with Crippen molar-refractivity contribution in [1.82, 2.24) is 0 Å². The first-order chi connectivity index (χ1) is 8.72. The lowest BCUT2D eigenvalue weighted by Crippen LogP contribution is -2.14. The molecule has 1 fully saturated rings. The Bertz CT molecular complexity index is 423. The van der Waals surface area contributed by atoms with Gasteiger partial charge in [-0.1, -0.05) is 38.2 Å². The molecule has 1 aliphatic carbocycles. The first-order valence-corrected chi connectivity index (χ1v) is 6.58. The van der Waals surface area contributed by atoms with Gasteiger partial charge in [-0.2, -0.15) is 0 Å². The zero-order valence-electron chi connectivity index (χ0n) is 10.7. The summed E-state index contributed by atoms with van der Waals surface area (Å²) < 4.78 is 18.8. The molecule has 0 saturated heterocycles. The molecule has 1 aromatic rings. The van der Waals surface area contributed by atoms with Crippen molar-refractivity contribution in [3.8, 4) is 5.75 Å². The van der Waals surface area contributed by atoms with E-state index < -0.39 is 5.82 Å². The fourth-order valence-electron chi connectivity index (χ4n) is 2.70. The molecular formula is C15H19FO2. The summed E-state index contributed by atoms with van der Waals surface area (Å²) in [4.78, 5) is 12.2. The Morgan fingerprint density at radius 2 is 2.06 bits per heavy atom. The predicted molar refractivity (Wildman–Crippen MR) is 68.5 cm³/mol. The molecule has 0 bridgehead atoms. The molecule has 0 radical (unpaired) electrons. The number of ether oxygens (including phenoxy) is 1. The lowest BCUT2D eigenvalue weighted by atomic mass is 9.84. The van der Waals surface area contributed by atoms with E-state index in [1.807, 2.05) is 0 Å². The predicted octanol–water partition coefficient (Wildman–Crippen LogP) is 3.99. The summed E-state index contributed by atoms with van der Waals surface area (Å²) in [5.41, 5.74) is 0.116. The molecule has 0 spiro atoms. The number of carbonyl (C=O) groups is 1. The summed E-state index contributed by atoms with van der Waals surface area (Å²) in [5.74, 6) is 0.151. The highest BCUT2D eigenvalue weighted by molar-refractivity contribution is 5.99. The molecular weight excluding hydrogens is 231 g/mol. The van der Waals surface area contributed by atoms with Crippen molar-refractivity contribution in [2.45, 2.75) is 38.5 Å². The third kappa shape index (κ3) is 2.89. The Hall–Kier alpha value is -1.38. The summed E-state index contributed by atoms with van der Waals surface area (Å²) in [6.07, 6.45) is 6.24. The molecule has 1 saturated carbocycles. The molecule has 1 aliphatic rings. The second kappa shape index (κ2) is 5.98. The number of hydrogen-bond donors (Lipinski definition) is 0. The van der Waals surface area contributed by atoms with Crippen molar-refractivity contribution in [3.05, 3.63) is 29.6 Å². The smallest absolute Gasteiger partial charge is 0.169 e. The molecule has 0 amide bonds. The van der Waals surface area contributed by atoms with Crippen molar-refractivity contribution in [2.75, 3.05) is 7.11 Å². The maximum atomic E-state index is 13.7. The highest BCUT2D eigenvalue weighted by atomic mass is 19.1. The average molecular weight is 250 g/mol. The Labute approximate surface area is 107 Å². The number of halogens is 1. The number of hydrogen-bond acceptors (Lipinski definition) is 2. The van der Waals surface area contributed by atoms with Gasteiger partial charge in [0.25, 0.3) is 0 Å². The third-order valence-corrected chi connectivity index (χ3v) is 3.67. The fourth-order valence-corrected chi connectivity index (χ4v) is 2.70. The summed E-state index contributed by atoms with van der Waals surface area (Å²) >= 11 is 0. The Balaban J connectivity index is 2.12. The molecule has 18 heavy (non-hydrogen) atoms. The van der Waals surface area contributed by atoms with Gasteiger partial charge in [0, 0.05) is 6.42 Å². The van der Waals surface area contributed by atoms with Crippen molar-refractivity contribution in [2.24, 2.45) is 5.92 Å². The number of benzene rings is 1. The van der Waals surface area contributed by atoms with Gasteiger partial charge >= 0.3 is 0 Å². The minimum absolute atomic E-state index is 0.116. The zero-order valence-corrected chi connectivity index (χ0v) is 10.7. The summed E-state index contributed by atoms with van der Waals surface area (Å²) in [6.45, 7) is 0. The SMILES string of the molecule is COc1cccc(F)c1C(=O)CC1CCCCC1. The van der Waals surface area contributed by atoms with Crippen LogP contribution in [0.1, 0.15) is 48.9 Å². The normalized spacial score (nSPS) is 16.6. The van der Waals surface area contributed by atoms with Crippen LogP contribution in [0.15, 0.2) is 18.2 Å². The number of rotatable bonds is 4. The van der Waals surface area contributed by atoms with E-state index in [2.05, 4.69) is 0 Å². The Kier molecular flexibility index (Phi) is 4.34. The van der Waals surface area contributed by atoms with Gasteiger partial charge in [0.15, 0.2) is 5.78 Å². The van der Waals surface area contributed by atoms with Gasteiger partial charge in [-0.3, -0.25) is 4.79 Å². The van der Waals surface area contributed by atoms with Crippen LogP contribution in [0.5, 0.6) is 5.75 Å². The number of carbonyl (C=O) groups excluding carboxylic acids is 1. The van der Waals surface area contributed by atoms with Crippen LogP contribution in [0.25, 0.3) is 0 Å². The highest BCUT2D eigenvalue weighted by Gasteiger charge is 2.22. The van der Waals surface area contributed by atoms with Gasteiger partial charge in [0.2, 0.25) is 0 Å². The third-order valence-electron chi connectivity index (χ3n) is 3.67. The van der Waals surface area contributed by atoms with Crippen LogP contribution in [0.2, 0.25) is 0 Å². The van der Waals surface area contributed by atoms with E-state index in [1.165, 1.54) is 32.4 Å². The van der Waals surface area contributed by atoms with Crippen LogP contribution in [0.4, 0.5) is 4.39 Å². The molecule has 0 heterocycles. The maximum Gasteiger partial charge on any atom is 0.169 e. The molecule has 0 atom stereocenters. The molecule has 0 unspecified atom stereocenters. The minimum atomic E-state index is -0.477. The van der Waals surface area contributed by atoms with Gasteiger partial charge in [0.05, 0.1) is 12.7 Å². The van der Waals surface area contributed by atoms with Gasteiger partial charge in [-0.05, 0) is 18.1 Å². The quantitative estimate of drug-likeness (QED) is 0.755. The van der Waals surface area contributed by atoms with E-state index in [0.29, 0.717) is 18.1 Å². The molecule has 3 heteroatoms. The first kappa shape index (κ1) is 13.1. The second-order valence-electron chi connectivity index (χ2n) is 4.95.